The van der Waals surface area contributed by atoms with Crippen LogP contribution in [0.3, 0.4) is 0 Å². The third-order valence-electron chi connectivity index (χ3n) is 2.58. The van der Waals surface area contributed by atoms with Crippen LogP contribution in [0.2, 0.25) is 0 Å². The summed E-state index contributed by atoms with van der Waals surface area (Å²) in [6.45, 7) is 10.6. The van der Waals surface area contributed by atoms with Crippen LogP contribution in [-0.4, -0.2) is 55.3 Å². The van der Waals surface area contributed by atoms with Crippen LogP contribution in [0.4, 0.5) is 9.59 Å². The summed E-state index contributed by atoms with van der Waals surface area (Å²) in [6, 6.07) is 0. The van der Waals surface area contributed by atoms with Crippen molar-refractivity contribution in [3.05, 3.63) is 0 Å². The predicted molar refractivity (Wildman–Crippen MR) is 86.2 cm³/mol. The first-order valence-electron chi connectivity index (χ1n) is 7.68. The normalized spacial score (nSPS) is 12.2. The number of carbonyl (C=O) groups excluding carboxylic acids is 2. The van der Waals surface area contributed by atoms with Crippen molar-refractivity contribution in [2.24, 2.45) is 0 Å². The lowest BCUT2D eigenvalue weighted by Crippen LogP contribution is -2.44. The smallest absolute Gasteiger partial charge is 0.419 e. The Morgan fingerprint density at radius 2 is 1.26 bits per heavy atom. The van der Waals surface area contributed by atoms with Crippen LogP contribution >= 0.6 is 0 Å². The number of carbonyl (C=O) groups is 2. The van der Waals surface area contributed by atoms with Crippen LogP contribution in [0, 0.1) is 0 Å². The maximum absolute atomic E-state index is 12.2. The molecule has 0 rings (SSSR count). The Morgan fingerprint density at radius 3 is 1.57 bits per heavy atom. The SMILES string of the molecule is COC(CCCN(C(=O)OC(C)(C)C)C(=O)OC(C)(C)C)OC. The molecule has 7 heteroatoms. The van der Waals surface area contributed by atoms with Crippen molar-refractivity contribution in [3.63, 3.8) is 0 Å². The molecule has 0 atom stereocenters. The number of hydrogen-bond acceptors (Lipinski definition) is 6. The van der Waals surface area contributed by atoms with Gasteiger partial charge < -0.3 is 18.9 Å². The molecule has 0 heterocycles. The molecule has 0 aliphatic rings. The van der Waals surface area contributed by atoms with Crippen molar-refractivity contribution in [2.75, 3.05) is 20.8 Å². The summed E-state index contributed by atoms with van der Waals surface area (Å²) in [4.78, 5) is 25.5. The second-order valence-electron chi connectivity index (χ2n) is 7.16. The standard InChI is InChI=1S/C16H31NO6/c1-15(2,3)22-13(18)17(14(19)23-16(4,5)6)11-9-10-12(20-7)21-8/h12H,9-11H2,1-8H3. The molecule has 0 N–H and O–H groups in total. The molecule has 0 unspecified atom stereocenters. The highest BCUT2D eigenvalue weighted by Gasteiger charge is 2.30. The lowest BCUT2D eigenvalue weighted by atomic mass is 10.2. The molecule has 0 bridgehead atoms. The van der Waals surface area contributed by atoms with E-state index in [4.69, 9.17) is 18.9 Å². The predicted octanol–water partition coefficient (Wildman–Crippen LogP) is 3.56. The first-order valence-corrected chi connectivity index (χ1v) is 7.68. The molecule has 0 aliphatic carbocycles. The van der Waals surface area contributed by atoms with Gasteiger partial charge in [0.1, 0.15) is 11.2 Å². The van der Waals surface area contributed by atoms with E-state index < -0.39 is 23.4 Å². The summed E-state index contributed by atoms with van der Waals surface area (Å²) < 4.78 is 20.7. The maximum atomic E-state index is 12.2. The largest absolute Gasteiger partial charge is 0.443 e. The van der Waals surface area contributed by atoms with Crippen LogP contribution in [0.15, 0.2) is 0 Å². The number of nitrogens with zero attached hydrogens (tertiary/aromatic N) is 1. The monoisotopic (exact) mass is 333 g/mol. The lowest BCUT2D eigenvalue weighted by molar-refractivity contribution is -0.107. The molecule has 0 radical (unpaired) electrons. The van der Waals surface area contributed by atoms with Crippen LogP contribution < -0.4 is 0 Å². The summed E-state index contributed by atoms with van der Waals surface area (Å²) in [5, 5.41) is 0. The number of methoxy groups -OCH3 is 2. The molecule has 0 spiro atoms. The molecule has 0 fully saturated rings. The van der Waals surface area contributed by atoms with Gasteiger partial charge in [-0.1, -0.05) is 0 Å². The van der Waals surface area contributed by atoms with E-state index in [1.807, 2.05) is 0 Å². The number of rotatable bonds is 6. The highest BCUT2D eigenvalue weighted by Crippen LogP contribution is 2.15. The zero-order valence-corrected chi connectivity index (χ0v) is 15.6. The number of imide groups is 1. The highest BCUT2D eigenvalue weighted by atomic mass is 16.7. The van der Waals surface area contributed by atoms with Gasteiger partial charge in [-0.3, -0.25) is 0 Å². The summed E-state index contributed by atoms with van der Waals surface area (Å²) >= 11 is 0. The molecule has 0 aliphatic heterocycles. The molecular weight excluding hydrogens is 302 g/mol. The van der Waals surface area contributed by atoms with Crippen molar-refractivity contribution >= 4 is 12.2 Å². The first kappa shape index (κ1) is 21.7. The number of amides is 2. The van der Waals surface area contributed by atoms with Crippen LogP contribution in [0.25, 0.3) is 0 Å². The van der Waals surface area contributed by atoms with E-state index in [-0.39, 0.29) is 12.8 Å². The Hall–Kier alpha value is -1.34. The Morgan fingerprint density at radius 1 is 0.870 bits per heavy atom. The van der Waals surface area contributed by atoms with Gasteiger partial charge in [-0.25, -0.2) is 14.5 Å². The van der Waals surface area contributed by atoms with Gasteiger partial charge in [-0.15, -0.1) is 0 Å². The number of hydrogen-bond donors (Lipinski definition) is 0. The third kappa shape index (κ3) is 10.1. The molecule has 0 saturated carbocycles. The van der Waals surface area contributed by atoms with Gasteiger partial charge >= 0.3 is 12.2 Å². The van der Waals surface area contributed by atoms with E-state index in [2.05, 4.69) is 0 Å². The van der Waals surface area contributed by atoms with Gasteiger partial charge in [0.2, 0.25) is 0 Å². The second kappa shape index (κ2) is 9.08. The van der Waals surface area contributed by atoms with Crippen molar-refractivity contribution in [2.45, 2.75) is 71.9 Å². The van der Waals surface area contributed by atoms with E-state index in [0.29, 0.717) is 12.8 Å². The first-order chi connectivity index (χ1) is 10.4. The molecule has 0 aromatic carbocycles. The fraction of sp³-hybridized carbons (Fsp3) is 0.875. The minimum atomic E-state index is -0.724. The van der Waals surface area contributed by atoms with Crippen LogP contribution in [-0.2, 0) is 18.9 Å². The van der Waals surface area contributed by atoms with E-state index in [9.17, 15) is 9.59 Å². The molecule has 0 aromatic heterocycles. The molecule has 0 aromatic rings. The topological polar surface area (TPSA) is 74.3 Å². The van der Waals surface area contributed by atoms with Gasteiger partial charge in [0.05, 0.1) is 0 Å². The van der Waals surface area contributed by atoms with Gasteiger partial charge in [-0.05, 0) is 48.0 Å². The zero-order valence-electron chi connectivity index (χ0n) is 15.6. The molecule has 23 heavy (non-hydrogen) atoms. The fourth-order valence-corrected chi connectivity index (χ4v) is 1.64. The van der Waals surface area contributed by atoms with Gasteiger partial charge in [0.25, 0.3) is 0 Å². The Labute approximate surface area is 139 Å². The molecular formula is C16H31NO6. The molecule has 7 nitrogen and oxygen atoms in total. The molecule has 136 valence electrons. The van der Waals surface area contributed by atoms with Crippen LogP contribution in [0.1, 0.15) is 54.4 Å². The minimum Gasteiger partial charge on any atom is -0.443 e. The van der Waals surface area contributed by atoms with E-state index in [1.54, 1.807) is 41.5 Å². The van der Waals surface area contributed by atoms with E-state index in [0.717, 1.165) is 4.90 Å². The van der Waals surface area contributed by atoms with Crippen molar-refractivity contribution in [1.29, 1.82) is 0 Å². The van der Waals surface area contributed by atoms with Gasteiger partial charge in [-0.2, -0.15) is 0 Å². The summed E-state index contributed by atoms with van der Waals surface area (Å²) in [6.07, 6.45) is -0.787. The average molecular weight is 333 g/mol. The maximum Gasteiger partial charge on any atom is 0.419 e. The average Bonchev–Trinajstić information content (AvgIpc) is 2.34. The van der Waals surface area contributed by atoms with Crippen molar-refractivity contribution < 1.29 is 28.5 Å². The van der Waals surface area contributed by atoms with Crippen molar-refractivity contribution in [1.82, 2.24) is 4.90 Å². The Kier molecular flexibility index (Phi) is 8.55. The molecule has 2 amide bonds. The van der Waals surface area contributed by atoms with Gasteiger partial charge in [0, 0.05) is 27.2 Å². The number of ether oxygens (including phenoxy) is 4. The summed E-state index contributed by atoms with van der Waals surface area (Å²) in [5.41, 5.74) is -1.39. The van der Waals surface area contributed by atoms with E-state index in [1.165, 1.54) is 14.2 Å². The lowest BCUT2D eigenvalue weighted by Gasteiger charge is -2.28. The summed E-state index contributed by atoms with van der Waals surface area (Å²) in [7, 11) is 3.07. The second-order valence-corrected chi connectivity index (χ2v) is 7.16. The molecule has 0 saturated heterocycles. The quantitative estimate of drug-likeness (QED) is 0.692. The Balaban J connectivity index is 4.86. The van der Waals surface area contributed by atoms with Crippen molar-refractivity contribution in [3.8, 4) is 0 Å². The zero-order chi connectivity index (χ0) is 18.3. The minimum absolute atomic E-state index is 0.160. The van der Waals surface area contributed by atoms with Crippen LogP contribution in [0.5, 0.6) is 0 Å². The highest BCUT2D eigenvalue weighted by molar-refractivity contribution is 5.88. The van der Waals surface area contributed by atoms with E-state index >= 15 is 0 Å². The fourth-order valence-electron chi connectivity index (χ4n) is 1.64. The Bertz CT molecular complexity index is 351. The summed E-state index contributed by atoms with van der Waals surface area (Å²) in [5.74, 6) is 0. The third-order valence-corrected chi connectivity index (χ3v) is 2.58. The van der Waals surface area contributed by atoms with Gasteiger partial charge in [0.15, 0.2) is 6.29 Å².